The van der Waals surface area contributed by atoms with Gasteiger partial charge in [0.25, 0.3) is 0 Å². The highest BCUT2D eigenvalue weighted by Gasteiger charge is 2.09. The van der Waals surface area contributed by atoms with Crippen molar-refractivity contribution in [2.45, 2.75) is 13.3 Å². The number of H-pyrrole nitrogens is 1. The van der Waals surface area contributed by atoms with Crippen molar-refractivity contribution in [3.8, 4) is 0 Å². The van der Waals surface area contributed by atoms with E-state index in [0.29, 0.717) is 12.1 Å². The summed E-state index contributed by atoms with van der Waals surface area (Å²) in [4.78, 5) is 23.0. The first-order valence-electron chi connectivity index (χ1n) is 6.07. The van der Waals surface area contributed by atoms with Gasteiger partial charge in [-0.15, -0.1) is 0 Å². The molecule has 0 unspecified atom stereocenters. The molecule has 1 heterocycles. The van der Waals surface area contributed by atoms with Crippen LogP contribution < -0.4 is 5.32 Å². The number of amides is 1. The van der Waals surface area contributed by atoms with Crippen LogP contribution in [-0.4, -0.2) is 35.2 Å². The fourth-order valence-corrected chi connectivity index (χ4v) is 1.68. The quantitative estimate of drug-likeness (QED) is 0.793. The molecular weight excluding hydrogens is 246 g/mol. The highest BCUT2D eigenvalue weighted by molar-refractivity contribution is 5.94. The zero-order valence-corrected chi connectivity index (χ0v) is 10.6. The van der Waals surface area contributed by atoms with Gasteiger partial charge in [0.2, 0.25) is 5.91 Å². The van der Waals surface area contributed by atoms with Crippen LogP contribution in [-0.2, 0) is 9.53 Å². The average Bonchev–Trinajstić information content (AvgIpc) is 2.86. The first kappa shape index (κ1) is 13.1. The van der Waals surface area contributed by atoms with Gasteiger partial charge in [0.15, 0.2) is 0 Å². The van der Waals surface area contributed by atoms with Gasteiger partial charge in [-0.05, 0) is 25.1 Å². The number of rotatable bonds is 5. The second-order valence-corrected chi connectivity index (χ2v) is 4.01. The maximum atomic E-state index is 11.8. The molecule has 0 fully saturated rings. The van der Waals surface area contributed by atoms with Gasteiger partial charge in [0, 0.05) is 11.9 Å². The van der Waals surface area contributed by atoms with E-state index in [2.05, 4.69) is 15.5 Å². The number of benzene rings is 1. The van der Waals surface area contributed by atoms with Gasteiger partial charge in [0.1, 0.15) is 6.61 Å². The number of carbonyl (C=O) groups excluding carboxylic acids is 2. The lowest BCUT2D eigenvalue weighted by molar-refractivity contribution is -0.121. The standard InChI is InChI=1S/C13H15N3O3/c1-2-14-12(17)5-6-19-13(18)9-3-4-11-10(7-9)8-15-16-11/h3-4,7-8H,2,5-6H2,1H3,(H,14,17)(H,15,16). The minimum Gasteiger partial charge on any atom is -0.462 e. The molecule has 0 aliphatic heterocycles. The molecule has 0 atom stereocenters. The molecule has 1 amide bonds. The van der Waals surface area contributed by atoms with Gasteiger partial charge in [0.05, 0.1) is 23.7 Å². The van der Waals surface area contributed by atoms with E-state index in [1.807, 2.05) is 6.92 Å². The summed E-state index contributed by atoms with van der Waals surface area (Å²) in [6, 6.07) is 5.13. The second-order valence-electron chi connectivity index (χ2n) is 4.01. The smallest absolute Gasteiger partial charge is 0.338 e. The summed E-state index contributed by atoms with van der Waals surface area (Å²) in [6.07, 6.45) is 1.81. The number of ether oxygens (including phenoxy) is 1. The van der Waals surface area contributed by atoms with Crippen molar-refractivity contribution in [2.24, 2.45) is 0 Å². The second kappa shape index (κ2) is 5.99. The molecule has 19 heavy (non-hydrogen) atoms. The van der Waals surface area contributed by atoms with Crippen LogP contribution in [0.15, 0.2) is 24.4 Å². The van der Waals surface area contributed by atoms with E-state index >= 15 is 0 Å². The third-order valence-electron chi connectivity index (χ3n) is 2.61. The van der Waals surface area contributed by atoms with Gasteiger partial charge < -0.3 is 10.1 Å². The van der Waals surface area contributed by atoms with Gasteiger partial charge in [-0.25, -0.2) is 4.79 Å². The molecule has 0 saturated carbocycles. The molecule has 6 heteroatoms. The Labute approximate surface area is 110 Å². The number of fused-ring (bicyclic) bond motifs is 1. The maximum Gasteiger partial charge on any atom is 0.338 e. The van der Waals surface area contributed by atoms with Crippen LogP contribution in [0.4, 0.5) is 0 Å². The number of hydrogen-bond donors (Lipinski definition) is 2. The van der Waals surface area contributed by atoms with Crippen molar-refractivity contribution < 1.29 is 14.3 Å². The van der Waals surface area contributed by atoms with Gasteiger partial charge >= 0.3 is 5.97 Å². The largest absolute Gasteiger partial charge is 0.462 e. The van der Waals surface area contributed by atoms with Crippen molar-refractivity contribution in [2.75, 3.05) is 13.2 Å². The minimum atomic E-state index is -0.438. The minimum absolute atomic E-state index is 0.0775. The van der Waals surface area contributed by atoms with E-state index < -0.39 is 5.97 Å². The van der Waals surface area contributed by atoms with Crippen molar-refractivity contribution >= 4 is 22.8 Å². The first-order chi connectivity index (χ1) is 9.20. The Morgan fingerprint density at radius 3 is 3.05 bits per heavy atom. The molecule has 0 bridgehead atoms. The van der Waals surface area contributed by atoms with Crippen LogP contribution in [0, 0.1) is 0 Å². The lowest BCUT2D eigenvalue weighted by atomic mass is 10.2. The fraction of sp³-hybridized carbons (Fsp3) is 0.308. The Morgan fingerprint density at radius 2 is 2.26 bits per heavy atom. The van der Waals surface area contributed by atoms with Crippen molar-refractivity contribution in [1.82, 2.24) is 15.5 Å². The van der Waals surface area contributed by atoms with Crippen LogP contribution in [0.5, 0.6) is 0 Å². The van der Waals surface area contributed by atoms with Crippen molar-refractivity contribution in [3.63, 3.8) is 0 Å². The lowest BCUT2D eigenvalue weighted by Crippen LogP contribution is -2.24. The molecule has 0 spiro atoms. The zero-order chi connectivity index (χ0) is 13.7. The predicted octanol–water partition coefficient (Wildman–Crippen LogP) is 1.25. The maximum absolute atomic E-state index is 11.8. The Morgan fingerprint density at radius 1 is 1.42 bits per heavy atom. The third-order valence-corrected chi connectivity index (χ3v) is 2.61. The van der Waals surface area contributed by atoms with Crippen LogP contribution in [0.25, 0.3) is 10.9 Å². The molecular formula is C13H15N3O3. The zero-order valence-electron chi connectivity index (χ0n) is 10.6. The number of esters is 1. The van der Waals surface area contributed by atoms with E-state index in [0.717, 1.165) is 10.9 Å². The fourth-order valence-electron chi connectivity index (χ4n) is 1.68. The average molecular weight is 261 g/mol. The van der Waals surface area contributed by atoms with E-state index in [9.17, 15) is 9.59 Å². The molecule has 100 valence electrons. The van der Waals surface area contributed by atoms with Crippen LogP contribution in [0.1, 0.15) is 23.7 Å². The van der Waals surface area contributed by atoms with E-state index in [-0.39, 0.29) is 18.9 Å². The Kier molecular flexibility index (Phi) is 4.12. The summed E-state index contributed by atoms with van der Waals surface area (Å²) >= 11 is 0. The highest BCUT2D eigenvalue weighted by atomic mass is 16.5. The molecule has 2 N–H and O–H groups in total. The molecule has 1 aromatic carbocycles. The summed E-state index contributed by atoms with van der Waals surface area (Å²) in [7, 11) is 0. The molecule has 1 aromatic heterocycles. The van der Waals surface area contributed by atoms with Crippen molar-refractivity contribution in [3.05, 3.63) is 30.0 Å². The van der Waals surface area contributed by atoms with E-state index in [1.165, 1.54) is 0 Å². The van der Waals surface area contributed by atoms with E-state index in [1.54, 1.807) is 24.4 Å². The number of carbonyl (C=O) groups is 2. The summed E-state index contributed by atoms with van der Waals surface area (Å²) in [5, 5.41) is 10.2. The lowest BCUT2D eigenvalue weighted by Gasteiger charge is -2.05. The number of aromatic amines is 1. The Bertz CT molecular complexity index is 592. The van der Waals surface area contributed by atoms with Crippen LogP contribution in [0.2, 0.25) is 0 Å². The molecule has 0 saturated heterocycles. The summed E-state index contributed by atoms with van der Waals surface area (Å²) in [5.41, 5.74) is 1.31. The Hall–Kier alpha value is -2.37. The molecule has 2 rings (SSSR count). The number of hydrogen-bond acceptors (Lipinski definition) is 4. The van der Waals surface area contributed by atoms with Gasteiger partial charge in [-0.1, -0.05) is 0 Å². The SMILES string of the molecule is CCNC(=O)CCOC(=O)c1ccc2[nH]ncc2c1. The molecule has 6 nitrogen and oxygen atoms in total. The molecule has 0 radical (unpaired) electrons. The molecule has 0 aliphatic rings. The molecule has 2 aromatic rings. The number of nitrogens with zero attached hydrogens (tertiary/aromatic N) is 1. The summed E-state index contributed by atoms with van der Waals surface area (Å²) < 4.78 is 5.04. The summed E-state index contributed by atoms with van der Waals surface area (Å²) in [6.45, 7) is 2.49. The topological polar surface area (TPSA) is 84.1 Å². The van der Waals surface area contributed by atoms with Crippen LogP contribution in [0.3, 0.4) is 0 Å². The Balaban J connectivity index is 1.90. The normalized spacial score (nSPS) is 10.4. The monoisotopic (exact) mass is 261 g/mol. The summed E-state index contributed by atoms with van der Waals surface area (Å²) in [5.74, 6) is -0.562. The third kappa shape index (κ3) is 3.31. The van der Waals surface area contributed by atoms with Crippen molar-refractivity contribution in [1.29, 1.82) is 0 Å². The van der Waals surface area contributed by atoms with Gasteiger partial charge in [-0.2, -0.15) is 5.10 Å². The number of aromatic nitrogens is 2. The number of nitrogens with one attached hydrogen (secondary N) is 2. The first-order valence-corrected chi connectivity index (χ1v) is 6.07. The van der Waals surface area contributed by atoms with Crippen LogP contribution >= 0.6 is 0 Å². The molecule has 0 aliphatic carbocycles. The van der Waals surface area contributed by atoms with Gasteiger partial charge in [-0.3, -0.25) is 9.89 Å². The highest BCUT2D eigenvalue weighted by Crippen LogP contribution is 2.13. The van der Waals surface area contributed by atoms with E-state index in [4.69, 9.17) is 4.74 Å². The predicted molar refractivity (Wildman–Crippen MR) is 69.7 cm³/mol.